The minimum Gasteiger partial charge on any atom is -0.444 e. The van der Waals surface area contributed by atoms with Gasteiger partial charge in [-0.2, -0.15) is 0 Å². The van der Waals surface area contributed by atoms with Crippen LogP contribution in [0.1, 0.15) is 20.1 Å². The van der Waals surface area contributed by atoms with E-state index in [2.05, 4.69) is 9.97 Å². The topological polar surface area (TPSA) is 129 Å². The molecule has 2 aromatic rings. The van der Waals surface area contributed by atoms with Crippen molar-refractivity contribution in [1.82, 2.24) is 14.5 Å². The Morgan fingerprint density at radius 3 is 2.76 bits per heavy atom. The molecule has 2 fully saturated rings. The lowest BCUT2D eigenvalue weighted by atomic mass is 10.1. The fourth-order valence-electron chi connectivity index (χ4n) is 3.21. The Kier molecular flexibility index (Phi) is 3.65. The molecule has 4 rings (SSSR count). The number of fused-ring (bicyclic) bond motifs is 1. The maximum Gasteiger partial charge on any atom is 0.330 e. The molecule has 2 aliphatic heterocycles. The predicted octanol–water partition coefficient (Wildman–Crippen LogP) is -0.399. The first kappa shape index (κ1) is 16.2. The lowest BCUT2D eigenvalue weighted by Crippen LogP contribution is -2.38. The van der Waals surface area contributed by atoms with Crippen molar-refractivity contribution in [3.8, 4) is 11.5 Å². The second kappa shape index (κ2) is 5.63. The van der Waals surface area contributed by atoms with Crippen molar-refractivity contribution in [2.75, 3.05) is 6.61 Å². The van der Waals surface area contributed by atoms with Gasteiger partial charge in [-0.3, -0.25) is 14.3 Å². The first-order valence-electron chi connectivity index (χ1n) is 7.77. The van der Waals surface area contributed by atoms with Crippen LogP contribution < -0.4 is 11.2 Å². The number of rotatable bonds is 3. The first-order chi connectivity index (χ1) is 11.9. The van der Waals surface area contributed by atoms with E-state index in [-0.39, 0.29) is 18.1 Å². The zero-order valence-electron chi connectivity index (χ0n) is 13.5. The summed E-state index contributed by atoms with van der Waals surface area (Å²) in [6.07, 6.45) is 1.35. The Balaban J connectivity index is 1.78. The van der Waals surface area contributed by atoms with Gasteiger partial charge in [0, 0.05) is 6.20 Å². The highest BCUT2D eigenvalue weighted by Crippen LogP contribution is 2.42. The standard InChI is InChI=1S/C15H17N3O7/c1-15(2)24-9-8(6-19)23-13(10(9)25-15)18-5-7(11(20)17-14(18)21)12-16-3-4-22-12/h3-5,8-10,13,19H,6H2,1-2H3,(H,17,20,21)/t8-,9-,10+,13-/m1/s1. The lowest BCUT2D eigenvalue weighted by Gasteiger charge is -2.24. The molecule has 4 heterocycles. The molecule has 0 aromatic carbocycles. The van der Waals surface area contributed by atoms with Crippen molar-refractivity contribution in [3.63, 3.8) is 0 Å². The van der Waals surface area contributed by atoms with E-state index in [0.29, 0.717) is 0 Å². The number of oxazole rings is 1. The summed E-state index contributed by atoms with van der Waals surface area (Å²) in [5.41, 5.74) is -1.22. The Bertz CT molecular complexity index is 885. The first-order valence-corrected chi connectivity index (χ1v) is 7.77. The van der Waals surface area contributed by atoms with Gasteiger partial charge in [0.2, 0.25) is 5.89 Å². The summed E-state index contributed by atoms with van der Waals surface area (Å²) in [5, 5.41) is 9.54. The highest BCUT2D eigenvalue weighted by Gasteiger charge is 2.55. The average Bonchev–Trinajstić information content (AvgIpc) is 3.23. The maximum atomic E-state index is 12.3. The molecule has 0 radical (unpaired) electrons. The molecule has 10 nitrogen and oxygen atoms in total. The van der Waals surface area contributed by atoms with Gasteiger partial charge in [0.15, 0.2) is 12.0 Å². The summed E-state index contributed by atoms with van der Waals surface area (Å²) in [7, 11) is 0. The van der Waals surface area contributed by atoms with Crippen LogP contribution >= 0.6 is 0 Å². The number of ether oxygens (including phenoxy) is 3. The van der Waals surface area contributed by atoms with Gasteiger partial charge in [-0.15, -0.1) is 0 Å². The molecular formula is C15H17N3O7. The van der Waals surface area contributed by atoms with Crippen LogP contribution in [0.3, 0.4) is 0 Å². The molecule has 25 heavy (non-hydrogen) atoms. The Morgan fingerprint density at radius 2 is 2.08 bits per heavy atom. The van der Waals surface area contributed by atoms with Crippen LogP contribution in [0.4, 0.5) is 0 Å². The second-order valence-electron chi connectivity index (χ2n) is 6.36. The van der Waals surface area contributed by atoms with E-state index >= 15 is 0 Å². The molecule has 134 valence electrons. The molecular weight excluding hydrogens is 334 g/mol. The fourth-order valence-corrected chi connectivity index (χ4v) is 3.21. The van der Waals surface area contributed by atoms with Crippen molar-refractivity contribution in [2.24, 2.45) is 0 Å². The molecule has 0 bridgehead atoms. The van der Waals surface area contributed by atoms with Crippen LogP contribution in [-0.2, 0) is 14.2 Å². The van der Waals surface area contributed by atoms with Gasteiger partial charge in [0.25, 0.3) is 5.56 Å². The molecule has 2 saturated heterocycles. The van der Waals surface area contributed by atoms with Crippen molar-refractivity contribution >= 4 is 0 Å². The normalized spacial score (nSPS) is 30.5. The van der Waals surface area contributed by atoms with Crippen LogP contribution in [0, 0.1) is 0 Å². The number of aliphatic hydroxyl groups is 1. The maximum absolute atomic E-state index is 12.3. The minimum absolute atomic E-state index is 0.0761. The molecule has 4 atom stereocenters. The smallest absolute Gasteiger partial charge is 0.330 e. The number of aromatic nitrogens is 3. The van der Waals surface area contributed by atoms with E-state index in [9.17, 15) is 14.7 Å². The minimum atomic E-state index is -0.873. The van der Waals surface area contributed by atoms with E-state index in [1.165, 1.54) is 23.2 Å². The summed E-state index contributed by atoms with van der Waals surface area (Å²) < 4.78 is 23.7. The number of aliphatic hydroxyl groups excluding tert-OH is 1. The highest BCUT2D eigenvalue weighted by molar-refractivity contribution is 5.49. The zero-order valence-corrected chi connectivity index (χ0v) is 13.5. The monoisotopic (exact) mass is 351 g/mol. The van der Waals surface area contributed by atoms with Gasteiger partial charge < -0.3 is 23.7 Å². The second-order valence-corrected chi connectivity index (χ2v) is 6.36. The molecule has 10 heteroatoms. The SMILES string of the molecule is CC1(C)O[C@H]2[C@H](O1)[C@@H](CO)O[C@H]2n1cc(-c2ncco2)c(=O)[nH]c1=O. The molecule has 2 N–H and O–H groups in total. The van der Waals surface area contributed by atoms with E-state index in [4.69, 9.17) is 18.6 Å². The van der Waals surface area contributed by atoms with Gasteiger partial charge in [-0.1, -0.05) is 0 Å². The van der Waals surface area contributed by atoms with Crippen LogP contribution in [0.25, 0.3) is 11.5 Å². The van der Waals surface area contributed by atoms with E-state index in [1.54, 1.807) is 13.8 Å². The number of nitrogens with one attached hydrogen (secondary N) is 1. The van der Waals surface area contributed by atoms with Crippen molar-refractivity contribution in [1.29, 1.82) is 0 Å². The third-order valence-electron chi connectivity index (χ3n) is 4.21. The summed E-state index contributed by atoms with van der Waals surface area (Å²) in [6, 6.07) is 0. The summed E-state index contributed by atoms with van der Waals surface area (Å²) in [5.74, 6) is -0.797. The Hall–Kier alpha value is -2.27. The Morgan fingerprint density at radius 1 is 1.32 bits per heavy atom. The average molecular weight is 351 g/mol. The molecule has 0 amide bonds. The Labute approximate surface area is 141 Å². The highest BCUT2D eigenvalue weighted by atomic mass is 16.8. The molecule has 0 unspecified atom stereocenters. The van der Waals surface area contributed by atoms with Gasteiger partial charge in [-0.25, -0.2) is 9.78 Å². The largest absolute Gasteiger partial charge is 0.444 e. The number of hydrogen-bond donors (Lipinski definition) is 2. The third kappa shape index (κ3) is 2.63. The lowest BCUT2D eigenvalue weighted by molar-refractivity contribution is -0.200. The van der Waals surface area contributed by atoms with Crippen LogP contribution in [0.5, 0.6) is 0 Å². The summed E-state index contributed by atoms with van der Waals surface area (Å²) in [6.45, 7) is 3.19. The van der Waals surface area contributed by atoms with Crippen molar-refractivity contribution < 1.29 is 23.7 Å². The molecule has 0 aliphatic carbocycles. The predicted molar refractivity (Wildman–Crippen MR) is 81.6 cm³/mol. The van der Waals surface area contributed by atoms with Crippen LogP contribution in [-0.4, -0.2) is 50.3 Å². The number of H-pyrrole nitrogens is 1. The summed E-state index contributed by atoms with van der Waals surface area (Å²) in [4.78, 5) is 30.5. The summed E-state index contributed by atoms with van der Waals surface area (Å²) >= 11 is 0. The third-order valence-corrected chi connectivity index (χ3v) is 4.21. The molecule has 0 spiro atoms. The molecule has 2 aromatic heterocycles. The van der Waals surface area contributed by atoms with E-state index in [1.807, 2.05) is 0 Å². The molecule has 0 saturated carbocycles. The number of aromatic amines is 1. The van der Waals surface area contributed by atoms with Gasteiger partial charge >= 0.3 is 5.69 Å². The van der Waals surface area contributed by atoms with Gasteiger partial charge in [-0.05, 0) is 13.8 Å². The van der Waals surface area contributed by atoms with Gasteiger partial charge in [0.05, 0.1) is 12.8 Å². The van der Waals surface area contributed by atoms with E-state index < -0.39 is 41.6 Å². The van der Waals surface area contributed by atoms with Crippen molar-refractivity contribution in [2.45, 2.75) is 44.2 Å². The fraction of sp³-hybridized carbons (Fsp3) is 0.533. The van der Waals surface area contributed by atoms with Crippen LogP contribution in [0.2, 0.25) is 0 Å². The van der Waals surface area contributed by atoms with E-state index in [0.717, 1.165) is 0 Å². The number of hydrogen-bond acceptors (Lipinski definition) is 8. The van der Waals surface area contributed by atoms with Gasteiger partial charge in [0.1, 0.15) is 30.1 Å². The van der Waals surface area contributed by atoms with Crippen molar-refractivity contribution in [3.05, 3.63) is 39.5 Å². The van der Waals surface area contributed by atoms with Crippen LogP contribution in [0.15, 0.2) is 32.7 Å². The molecule has 2 aliphatic rings. The number of nitrogens with zero attached hydrogens (tertiary/aromatic N) is 2. The quantitative estimate of drug-likeness (QED) is 0.764. The zero-order chi connectivity index (χ0) is 17.8.